The minimum absolute atomic E-state index is 0.493. The lowest BCUT2D eigenvalue weighted by Crippen LogP contribution is -2.40. The van der Waals surface area contributed by atoms with Gasteiger partial charge in [-0.25, -0.2) is 4.79 Å². The Morgan fingerprint density at radius 2 is 2.33 bits per heavy atom. The fraction of sp³-hybridized carbons (Fsp3) is 0.250. The van der Waals surface area contributed by atoms with E-state index >= 15 is 0 Å². The summed E-state index contributed by atoms with van der Waals surface area (Å²) in [4.78, 5) is 18.8. The molecule has 0 amide bonds. The molecule has 1 atom stereocenters. The van der Waals surface area contributed by atoms with Gasteiger partial charge in [-0.15, -0.1) is 16.4 Å². The molecular weight excluding hydrogens is 292 g/mol. The van der Waals surface area contributed by atoms with E-state index in [1.807, 2.05) is 11.4 Å². The molecule has 3 aromatic heterocycles. The van der Waals surface area contributed by atoms with Gasteiger partial charge < -0.3 is 10.0 Å². The van der Waals surface area contributed by atoms with Crippen molar-refractivity contribution >= 4 is 28.8 Å². The van der Waals surface area contributed by atoms with Crippen LogP contribution in [-0.4, -0.2) is 42.6 Å². The molecule has 1 N–H and O–H groups in total. The highest BCUT2D eigenvalue weighted by Gasteiger charge is 2.35. The van der Waals surface area contributed by atoms with Crippen molar-refractivity contribution < 1.29 is 9.90 Å². The van der Waals surface area contributed by atoms with Crippen LogP contribution in [0.2, 0.25) is 0 Å². The molecule has 0 radical (unpaired) electrons. The van der Waals surface area contributed by atoms with E-state index in [4.69, 9.17) is 0 Å². The van der Waals surface area contributed by atoms with Crippen LogP contribution in [0.4, 0.5) is 5.82 Å². The largest absolute Gasteiger partial charge is 0.479 e. The first kappa shape index (κ1) is 12.2. The smallest absolute Gasteiger partial charge is 0.331 e. The van der Waals surface area contributed by atoms with Gasteiger partial charge in [-0.05, 0) is 33.9 Å². The topological polar surface area (TPSA) is 96.5 Å². The second-order valence-electron chi connectivity index (χ2n) is 4.70. The average Bonchev–Trinajstić information content (AvgIpc) is 3.13. The third kappa shape index (κ3) is 1.77. The fourth-order valence-corrected chi connectivity index (χ4v) is 3.59. The third-order valence-corrected chi connectivity index (χ3v) is 4.58. The average molecular weight is 302 g/mol. The molecule has 3 aromatic rings. The van der Waals surface area contributed by atoms with Crippen molar-refractivity contribution in [3.63, 3.8) is 0 Å². The minimum atomic E-state index is -0.889. The number of thiophene rings is 1. The number of hydrogen-bond acceptors (Lipinski definition) is 7. The monoisotopic (exact) mass is 302 g/mol. The van der Waals surface area contributed by atoms with Crippen molar-refractivity contribution in [1.82, 2.24) is 25.0 Å². The Bertz CT molecular complexity index is 828. The van der Waals surface area contributed by atoms with E-state index in [1.54, 1.807) is 28.6 Å². The molecule has 0 aromatic carbocycles. The molecule has 0 saturated carbocycles. The van der Waals surface area contributed by atoms with Gasteiger partial charge in [-0.1, -0.05) is 0 Å². The van der Waals surface area contributed by atoms with Gasteiger partial charge in [0.2, 0.25) is 0 Å². The van der Waals surface area contributed by atoms with Gasteiger partial charge in [-0.3, -0.25) is 4.98 Å². The van der Waals surface area contributed by atoms with Crippen molar-refractivity contribution in [3.8, 4) is 0 Å². The van der Waals surface area contributed by atoms with Crippen LogP contribution in [0.25, 0.3) is 5.65 Å². The molecular formula is C12H10N6O2S. The standard InChI is InChI=1S/C12H10N6O2S/c19-12(20)11-7-2-4-21-8(7)1-3-17(11)10-6-13-5-9-14-15-16-18(9)10/h2,4-6,11H,1,3H2,(H,19,20). The van der Waals surface area contributed by atoms with Gasteiger partial charge in [0.25, 0.3) is 0 Å². The first-order valence-corrected chi connectivity index (χ1v) is 7.21. The minimum Gasteiger partial charge on any atom is -0.479 e. The summed E-state index contributed by atoms with van der Waals surface area (Å²) in [6.45, 7) is 0.588. The van der Waals surface area contributed by atoms with Crippen LogP contribution >= 0.6 is 11.3 Å². The van der Waals surface area contributed by atoms with Crippen molar-refractivity contribution in [2.24, 2.45) is 0 Å². The van der Waals surface area contributed by atoms with E-state index in [2.05, 4.69) is 20.5 Å². The van der Waals surface area contributed by atoms with Gasteiger partial charge in [0.15, 0.2) is 17.5 Å². The second-order valence-corrected chi connectivity index (χ2v) is 5.70. The maximum absolute atomic E-state index is 11.8. The molecule has 4 rings (SSSR count). The van der Waals surface area contributed by atoms with E-state index in [1.165, 1.54) is 4.52 Å². The number of hydrogen-bond donors (Lipinski definition) is 1. The summed E-state index contributed by atoms with van der Waals surface area (Å²) < 4.78 is 1.51. The van der Waals surface area contributed by atoms with E-state index in [0.717, 1.165) is 16.9 Å². The number of fused-ring (bicyclic) bond motifs is 2. The van der Waals surface area contributed by atoms with Crippen molar-refractivity contribution in [2.75, 3.05) is 11.4 Å². The lowest BCUT2D eigenvalue weighted by atomic mass is 10.0. The highest BCUT2D eigenvalue weighted by molar-refractivity contribution is 7.10. The normalized spacial score (nSPS) is 17.9. The molecule has 21 heavy (non-hydrogen) atoms. The van der Waals surface area contributed by atoms with Crippen molar-refractivity contribution in [2.45, 2.75) is 12.5 Å². The molecule has 8 nitrogen and oxygen atoms in total. The molecule has 1 aliphatic rings. The number of carboxylic acids is 1. The molecule has 1 aliphatic heterocycles. The summed E-state index contributed by atoms with van der Waals surface area (Å²) in [6.07, 6.45) is 3.94. The highest BCUT2D eigenvalue weighted by atomic mass is 32.1. The zero-order valence-electron chi connectivity index (χ0n) is 10.7. The fourth-order valence-electron chi connectivity index (χ4n) is 2.69. The number of carbonyl (C=O) groups is 1. The lowest BCUT2D eigenvalue weighted by molar-refractivity contribution is -0.138. The Morgan fingerprint density at radius 3 is 3.19 bits per heavy atom. The summed E-state index contributed by atoms with van der Waals surface area (Å²) in [6, 6.07) is 1.13. The summed E-state index contributed by atoms with van der Waals surface area (Å²) in [5.74, 6) is -0.304. The molecule has 106 valence electrons. The Balaban J connectivity index is 1.88. The van der Waals surface area contributed by atoms with Crippen LogP contribution in [-0.2, 0) is 11.2 Å². The van der Waals surface area contributed by atoms with E-state index in [0.29, 0.717) is 18.0 Å². The number of aliphatic carboxylic acids is 1. The number of nitrogens with zero attached hydrogens (tertiary/aromatic N) is 6. The quantitative estimate of drug-likeness (QED) is 0.746. The maximum atomic E-state index is 11.8. The number of carboxylic acid groups (broad SMARTS) is 1. The molecule has 0 saturated heterocycles. The molecule has 4 heterocycles. The summed E-state index contributed by atoms with van der Waals surface area (Å²) in [5.41, 5.74) is 1.33. The molecule has 0 aliphatic carbocycles. The van der Waals surface area contributed by atoms with Gasteiger partial charge in [0, 0.05) is 11.4 Å². The number of anilines is 1. The van der Waals surface area contributed by atoms with E-state index < -0.39 is 12.0 Å². The Hall–Kier alpha value is -2.55. The second kappa shape index (κ2) is 4.48. The van der Waals surface area contributed by atoms with Gasteiger partial charge in [0.1, 0.15) is 0 Å². The predicted octanol–water partition coefficient (Wildman–Crippen LogP) is 0.769. The van der Waals surface area contributed by atoms with Gasteiger partial charge in [-0.2, -0.15) is 4.52 Å². The lowest BCUT2D eigenvalue weighted by Gasteiger charge is -2.34. The maximum Gasteiger partial charge on any atom is 0.331 e. The van der Waals surface area contributed by atoms with Crippen LogP contribution in [0.5, 0.6) is 0 Å². The first-order chi connectivity index (χ1) is 10.3. The summed E-state index contributed by atoms with van der Waals surface area (Å²) in [5, 5.41) is 22.9. The SMILES string of the molecule is O=C(O)C1c2ccsc2CCN1c1cncc2nnnn12. The molecule has 0 fully saturated rings. The molecule has 1 unspecified atom stereocenters. The van der Waals surface area contributed by atoms with Gasteiger partial charge in [0.05, 0.1) is 12.4 Å². The number of rotatable bonds is 2. The van der Waals surface area contributed by atoms with E-state index in [9.17, 15) is 9.90 Å². The van der Waals surface area contributed by atoms with Crippen LogP contribution in [0, 0.1) is 0 Å². The van der Waals surface area contributed by atoms with Crippen molar-refractivity contribution in [1.29, 1.82) is 0 Å². The van der Waals surface area contributed by atoms with Crippen LogP contribution in [0.15, 0.2) is 23.8 Å². The van der Waals surface area contributed by atoms with E-state index in [-0.39, 0.29) is 0 Å². The molecule has 9 heteroatoms. The summed E-state index contributed by atoms with van der Waals surface area (Å²) in [7, 11) is 0. The van der Waals surface area contributed by atoms with Gasteiger partial charge >= 0.3 is 5.97 Å². The van der Waals surface area contributed by atoms with Crippen LogP contribution in [0.1, 0.15) is 16.5 Å². The first-order valence-electron chi connectivity index (χ1n) is 6.33. The van der Waals surface area contributed by atoms with Crippen LogP contribution < -0.4 is 4.90 Å². The van der Waals surface area contributed by atoms with Crippen LogP contribution in [0.3, 0.4) is 0 Å². The number of aromatic nitrogens is 5. The Morgan fingerprint density at radius 1 is 1.43 bits per heavy atom. The zero-order chi connectivity index (χ0) is 14.4. The zero-order valence-corrected chi connectivity index (χ0v) is 11.6. The highest BCUT2D eigenvalue weighted by Crippen LogP contribution is 2.36. The Labute approximate surface area is 122 Å². The predicted molar refractivity (Wildman–Crippen MR) is 74.3 cm³/mol. The molecule has 0 bridgehead atoms. The molecule has 0 spiro atoms. The Kier molecular flexibility index (Phi) is 2.61. The third-order valence-electron chi connectivity index (χ3n) is 3.58. The number of tetrazole rings is 1. The summed E-state index contributed by atoms with van der Waals surface area (Å²) >= 11 is 1.60. The van der Waals surface area contributed by atoms with Crippen molar-refractivity contribution in [3.05, 3.63) is 34.3 Å².